The Morgan fingerprint density at radius 1 is 1.14 bits per heavy atom. The number of hydrogen-bond acceptors (Lipinski definition) is 11. The number of fused-ring (bicyclic) bond motifs is 2. The number of aliphatic carboxylic acids is 1. The largest absolute Gasteiger partial charge is 1.00 e. The van der Waals surface area contributed by atoms with Crippen molar-refractivity contribution < 1.29 is 93.2 Å². The zero-order valence-electron chi connectivity index (χ0n) is 24.3. The molecule has 1 aromatic carbocycles. The van der Waals surface area contributed by atoms with Crippen LogP contribution in [0.1, 0.15) is 36.2 Å². The Labute approximate surface area is 309 Å². The maximum Gasteiger partial charge on any atom is 1.00 e. The Bertz CT molecular complexity index is 1640. The van der Waals surface area contributed by atoms with Gasteiger partial charge >= 0.3 is 59.1 Å². The van der Waals surface area contributed by atoms with E-state index in [0.717, 1.165) is 18.9 Å². The molecule has 1 aromatic heterocycles. The molecule has 6 rings (SSSR count). The van der Waals surface area contributed by atoms with E-state index in [1.54, 1.807) is 10.6 Å². The molecule has 0 spiro atoms. The number of aliphatic hydroxyl groups excluding tert-OH is 1. The molecule has 3 aliphatic heterocycles. The van der Waals surface area contributed by atoms with Crippen molar-refractivity contribution in [2.75, 3.05) is 36.8 Å². The molecule has 4 heterocycles. The number of benzene rings is 1. The second-order valence-corrected chi connectivity index (χ2v) is 13.5. The average molecular weight is 679 g/mol. The number of thiocarbonyl (C=S) groups is 1. The smallest absolute Gasteiger partial charge is 0.545 e. The molecule has 1 N–H and O–H groups in total. The van der Waals surface area contributed by atoms with E-state index < -0.39 is 52.1 Å². The number of β-lactam (4-membered cyclic amide) rings is 1. The number of aromatic carboxylic acids is 1. The Balaban J connectivity index is 0.00000221. The van der Waals surface area contributed by atoms with Crippen LogP contribution < -0.4 is 79.7 Å². The van der Waals surface area contributed by atoms with Gasteiger partial charge in [0.2, 0.25) is 5.91 Å². The number of anilines is 1. The van der Waals surface area contributed by atoms with Crippen molar-refractivity contribution in [1.82, 2.24) is 14.4 Å². The number of amides is 1. The summed E-state index contributed by atoms with van der Waals surface area (Å²) in [4.78, 5) is 53.9. The van der Waals surface area contributed by atoms with Gasteiger partial charge in [0.25, 0.3) is 0 Å². The van der Waals surface area contributed by atoms with Crippen LogP contribution in [0.3, 0.4) is 0 Å². The molecule has 1 amide bonds. The van der Waals surface area contributed by atoms with E-state index in [1.165, 1.54) is 41.5 Å². The van der Waals surface area contributed by atoms with Crippen molar-refractivity contribution in [3.05, 3.63) is 50.5 Å². The summed E-state index contributed by atoms with van der Waals surface area (Å²) >= 11 is 8.11. The number of pyridine rings is 1. The number of aromatic nitrogens is 1. The molecule has 222 valence electrons. The summed E-state index contributed by atoms with van der Waals surface area (Å²) in [6.07, 6.45) is 2.06. The standard InChI is InChI=1S/C27H27FN4O7S3.2Na/c1-12(33)20-23(35)32-21(26(38)39)19(42-24(20)32)11-41-27(40)30-6-4-29(5-7-30)18-9-17-14(8-16(18)28)22(34)15(25(36)37)10-31(17)13-2-3-13;;/h8-10,12-13,20,24,33H,2-7,11H2,1H3,(H,36,37)(H,38,39);;/q;2*+1/p-2. The molecule has 3 unspecified atom stereocenters. The molecule has 0 bridgehead atoms. The summed E-state index contributed by atoms with van der Waals surface area (Å²) in [5, 5.41) is 32.7. The fraction of sp³-hybridized carbons (Fsp3) is 0.444. The Morgan fingerprint density at radius 3 is 2.36 bits per heavy atom. The third-order valence-electron chi connectivity index (χ3n) is 8.03. The van der Waals surface area contributed by atoms with Crippen molar-refractivity contribution in [2.24, 2.45) is 5.92 Å². The molecule has 2 aromatic rings. The van der Waals surface area contributed by atoms with Gasteiger partial charge in [-0.25, -0.2) is 4.39 Å². The number of carbonyl (C=O) groups is 3. The molecular formula is C27H25FN4Na2O7S3. The molecule has 4 aliphatic rings. The average Bonchev–Trinajstić information content (AvgIpc) is 3.73. The SMILES string of the molecule is CC(O)C1C(=O)N2C(C(=O)[O-])=C(CSC(=S)N3CCN(c4cc5c(cc4F)c(=O)c(C(=O)[O-])cn5C4CC4)CC3)SC12.[Na+].[Na+]. The van der Waals surface area contributed by atoms with E-state index in [2.05, 4.69) is 0 Å². The first-order chi connectivity index (χ1) is 20.0. The van der Waals surface area contributed by atoms with Crippen LogP contribution in [0.15, 0.2) is 33.7 Å². The third-order valence-corrected chi connectivity index (χ3v) is 11.1. The molecular weight excluding hydrogens is 653 g/mol. The van der Waals surface area contributed by atoms with Crippen LogP contribution in [0.5, 0.6) is 0 Å². The van der Waals surface area contributed by atoms with Gasteiger partial charge in [0.1, 0.15) is 15.5 Å². The number of aliphatic hydroxyl groups is 1. The van der Waals surface area contributed by atoms with Gasteiger partial charge in [-0.3, -0.25) is 14.5 Å². The van der Waals surface area contributed by atoms with E-state index in [1.807, 2.05) is 9.80 Å². The van der Waals surface area contributed by atoms with Crippen LogP contribution in [-0.4, -0.2) is 85.0 Å². The fourth-order valence-corrected chi connectivity index (χ4v) is 8.65. The van der Waals surface area contributed by atoms with Crippen molar-refractivity contribution in [3.63, 3.8) is 0 Å². The monoisotopic (exact) mass is 678 g/mol. The summed E-state index contributed by atoms with van der Waals surface area (Å²) in [7, 11) is 0. The second-order valence-electron chi connectivity index (χ2n) is 10.7. The number of carboxylic acid groups (broad SMARTS) is 2. The normalized spacial score (nSPS) is 21.8. The van der Waals surface area contributed by atoms with Crippen LogP contribution in [0, 0.1) is 11.7 Å². The minimum atomic E-state index is -1.59. The van der Waals surface area contributed by atoms with Crippen LogP contribution in [0.2, 0.25) is 0 Å². The van der Waals surface area contributed by atoms with Gasteiger partial charge in [-0.15, -0.1) is 11.8 Å². The fourth-order valence-electron chi connectivity index (χ4n) is 5.69. The predicted octanol–water partition coefficient (Wildman–Crippen LogP) is -6.14. The number of carboxylic acids is 2. The number of thioether (sulfide) groups is 2. The quantitative estimate of drug-likeness (QED) is 0.169. The number of piperazine rings is 1. The van der Waals surface area contributed by atoms with Crippen LogP contribution in [0.4, 0.5) is 10.1 Å². The molecule has 3 fully saturated rings. The van der Waals surface area contributed by atoms with E-state index in [4.69, 9.17) is 12.2 Å². The first-order valence-electron chi connectivity index (χ1n) is 13.4. The number of carbonyl (C=O) groups excluding carboxylic acids is 3. The van der Waals surface area contributed by atoms with Gasteiger partial charge in [-0.2, -0.15) is 0 Å². The van der Waals surface area contributed by atoms with Crippen molar-refractivity contribution in [3.8, 4) is 0 Å². The van der Waals surface area contributed by atoms with Crippen LogP contribution >= 0.6 is 35.7 Å². The number of nitrogens with zero attached hydrogens (tertiary/aromatic N) is 4. The Hall–Kier alpha value is -1.14. The maximum atomic E-state index is 15.3. The topological polar surface area (TPSA) is 149 Å². The first kappa shape index (κ1) is 35.7. The third kappa shape index (κ3) is 6.38. The summed E-state index contributed by atoms with van der Waals surface area (Å²) < 4.78 is 17.5. The molecule has 44 heavy (non-hydrogen) atoms. The Morgan fingerprint density at radius 2 is 1.80 bits per heavy atom. The van der Waals surface area contributed by atoms with Crippen molar-refractivity contribution in [1.29, 1.82) is 0 Å². The minimum absolute atomic E-state index is 0. The van der Waals surface area contributed by atoms with Gasteiger partial charge in [0.05, 0.1) is 46.4 Å². The van der Waals surface area contributed by atoms with E-state index >= 15 is 4.39 Å². The summed E-state index contributed by atoms with van der Waals surface area (Å²) in [5.41, 5.74) is -0.644. The summed E-state index contributed by atoms with van der Waals surface area (Å²) in [6, 6.07) is 2.75. The zero-order valence-corrected chi connectivity index (χ0v) is 30.7. The number of halogens is 1. The summed E-state index contributed by atoms with van der Waals surface area (Å²) in [6.45, 7) is 3.30. The first-order valence-corrected chi connectivity index (χ1v) is 15.6. The molecule has 2 saturated heterocycles. The van der Waals surface area contributed by atoms with E-state index in [9.17, 15) is 34.5 Å². The van der Waals surface area contributed by atoms with Crippen LogP contribution in [-0.2, 0) is 9.59 Å². The van der Waals surface area contributed by atoms with Gasteiger partial charge < -0.3 is 39.3 Å². The molecule has 17 heteroatoms. The summed E-state index contributed by atoms with van der Waals surface area (Å²) in [5.74, 6) is -4.54. The molecule has 1 saturated carbocycles. The van der Waals surface area contributed by atoms with E-state index in [0.29, 0.717) is 46.6 Å². The van der Waals surface area contributed by atoms with E-state index in [-0.39, 0.29) is 82.0 Å². The Kier molecular flexibility index (Phi) is 11.3. The predicted molar refractivity (Wildman–Crippen MR) is 155 cm³/mol. The maximum absolute atomic E-state index is 15.3. The van der Waals surface area contributed by atoms with Crippen LogP contribution in [0.25, 0.3) is 10.9 Å². The molecule has 11 nitrogen and oxygen atoms in total. The van der Waals surface area contributed by atoms with Gasteiger partial charge in [-0.1, -0.05) is 24.0 Å². The zero-order chi connectivity index (χ0) is 30.0. The van der Waals surface area contributed by atoms with Gasteiger partial charge in [-0.05, 0) is 31.9 Å². The number of rotatable bonds is 7. The van der Waals surface area contributed by atoms with Crippen molar-refractivity contribution >= 4 is 74.5 Å². The van der Waals surface area contributed by atoms with Gasteiger partial charge in [0, 0.05) is 54.5 Å². The van der Waals surface area contributed by atoms with Gasteiger partial charge in [0.15, 0.2) is 5.43 Å². The molecule has 0 radical (unpaired) electrons. The van der Waals surface area contributed by atoms with Crippen molar-refractivity contribution in [2.45, 2.75) is 37.3 Å². The molecule has 1 aliphatic carbocycles. The molecule has 3 atom stereocenters. The number of hydrogen-bond donors (Lipinski definition) is 1. The minimum Gasteiger partial charge on any atom is -0.545 e. The second kappa shape index (κ2) is 13.9.